The fourth-order valence-corrected chi connectivity index (χ4v) is 4.40. The summed E-state index contributed by atoms with van der Waals surface area (Å²) < 4.78 is 40.2. The maximum absolute atomic E-state index is 12.9. The molecule has 2 aromatic heterocycles. The summed E-state index contributed by atoms with van der Waals surface area (Å²) in [4.78, 5) is 11.9. The molecule has 0 amide bonds. The number of nitrogens with zero attached hydrogens (tertiary/aromatic N) is 2. The van der Waals surface area contributed by atoms with Gasteiger partial charge in [-0.3, -0.25) is 9.97 Å². The number of H-pyrrole nitrogens is 1. The first-order valence-electron chi connectivity index (χ1n) is 10.3. The molecule has 0 fully saturated rings. The Morgan fingerprint density at radius 3 is 2.32 bits per heavy atom. The first kappa shape index (κ1) is 23.5. The second kappa shape index (κ2) is 10.5. The zero-order valence-electron chi connectivity index (χ0n) is 19.3. The number of aromatic amines is 1. The zero-order chi connectivity index (χ0) is 24.1. The lowest BCUT2D eigenvalue weighted by Gasteiger charge is -2.14. The van der Waals surface area contributed by atoms with Crippen molar-refractivity contribution in [2.24, 2.45) is 0 Å². The molecule has 0 saturated carbocycles. The van der Waals surface area contributed by atoms with Gasteiger partial charge in [0.25, 0.3) is 0 Å². The van der Waals surface area contributed by atoms with E-state index in [1.54, 1.807) is 52.8 Å². The minimum absolute atomic E-state index is 0.193. The van der Waals surface area contributed by atoms with Crippen LogP contribution in [0.25, 0.3) is 11.0 Å². The maximum atomic E-state index is 12.9. The lowest BCUT2D eigenvalue weighted by molar-refractivity contribution is 0.298. The average molecular weight is 484 g/mol. The number of aromatic nitrogens is 3. The van der Waals surface area contributed by atoms with Gasteiger partial charge in [0.05, 0.1) is 45.2 Å². The third-order valence-corrected chi connectivity index (χ3v) is 6.26. The second-order valence-electron chi connectivity index (χ2n) is 7.22. The van der Waals surface area contributed by atoms with Crippen LogP contribution in [0.5, 0.6) is 28.7 Å². The molecule has 0 aliphatic carbocycles. The van der Waals surface area contributed by atoms with Gasteiger partial charge in [0.2, 0.25) is 5.75 Å². The predicted molar refractivity (Wildman–Crippen MR) is 127 cm³/mol. The van der Waals surface area contributed by atoms with Crippen LogP contribution in [-0.2, 0) is 23.5 Å². The predicted octanol–water partition coefficient (Wildman–Crippen LogP) is 3.88. The highest BCUT2D eigenvalue weighted by molar-refractivity contribution is 7.90. The van der Waals surface area contributed by atoms with E-state index in [0.29, 0.717) is 45.1 Å². The molecule has 4 aromatic rings. The molecule has 1 unspecified atom stereocenters. The number of ether oxygens (including phenoxy) is 5. The number of nitrogens with one attached hydrogen (secondary N) is 1. The van der Waals surface area contributed by atoms with E-state index in [1.165, 1.54) is 0 Å². The molecule has 4 rings (SSSR count). The molecule has 0 aliphatic heterocycles. The van der Waals surface area contributed by atoms with Crippen LogP contribution in [0.15, 0.2) is 53.8 Å². The molecule has 9 nitrogen and oxygen atoms in total. The molecule has 0 saturated heterocycles. The Labute approximate surface area is 200 Å². The normalized spacial score (nSPS) is 11.8. The monoisotopic (exact) mass is 483 g/mol. The van der Waals surface area contributed by atoms with E-state index < -0.39 is 11.2 Å². The molecule has 34 heavy (non-hydrogen) atoms. The summed E-state index contributed by atoms with van der Waals surface area (Å²) in [5.41, 5.74) is 2.95. The van der Waals surface area contributed by atoms with Crippen molar-refractivity contribution < 1.29 is 28.2 Å². The van der Waals surface area contributed by atoms with Gasteiger partial charge < -0.3 is 28.2 Å². The van der Waals surface area contributed by atoms with Crippen molar-refractivity contribution in [2.75, 3.05) is 28.4 Å². The summed E-state index contributed by atoms with van der Waals surface area (Å²) in [5.74, 6) is 3.11. The van der Waals surface area contributed by atoms with Crippen molar-refractivity contribution in [3.63, 3.8) is 0 Å². The summed E-state index contributed by atoms with van der Waals surface area (Å²) >= 11 is -1.41. The van der Waals surface area contributed by atoms with Crippen LogP contribution in [-0.4, -0.2) is 47.9 Å². The molecule has 0 radical (unpaired) electrons. The largest absolute Gasteiger partial charge is 0.609 e. The minimum atomic E-state index is -1.41. The van der Waals surface area contributed by atoms with Crippen LogP contribution in [0.1, 0.15) is 11.3 Å². The van der Waals surface area contributed by atoms with Gasteiger partial charge in [-0.2, -0.15) is 4.98 Å². The van der Waals surface area contributed by atoms with Crippen molar-refractivity contribution in [2.45, 2.75) is 17.5 Å². The molecule has 0 bridgehead atoms. The van der Waals surface area contributed by atoms with E-state index in [2.05, 4.69) is 15.0 Å². The number of rotatable bonds is 10. The number of hydrogen-bond acceptors (Lipinski definition) is 8. The molecule has 2 aromatic carbocycles. The third kappa shape index (κ3) is 5.13. The van der Waals surface area contributed by atoms with E-state index in [1.807, 2.05) is 24.3 Å². The number of fused-ring (bicyclic) bond motifs is 1. The Bertz CT molecular complexity index is 1250. The highest BCUT2D eigenvalue weighted by Gasteiger charge is 2.19. The fourth-order valence-electron chi connectivity index (χ4n) is 3.41. The van der Waals surface area contributed by atoms with Crippen LogP contribution in [0, 0.1) is 0 Å². The highest BCUT2D eigenvalue weighted by atomic mass is 32.2. The lowest BCUT2D eigenvalue weighted by Crippen LogP contribution is -2.08. The van der Waals surface area contributed by atoms with Crippen molar-refractivity contribution in [3.8, 4) is 28.7 Å². The maximum Gasteiger partial charge on any atom is 0.322 e. The Kier molecular flexibility index (Phi) is 7.29. The molecule has 1 atom stereocenters. The lowest BCUT2D eigenvalue weighted by atomic mass is 10.2. The van der Waals surface area contributed by atoms with E-state index in [-0.39, 0.29) is 12.4 Å². The standard InChI is InChI=1S/C24H25N3O6S/c1-29-17-5-6-19-20(12-17)27-24(26-19)34(28)14-16-11-18(7-8-25-16)33-13-15-9-21(30-2)23(32-4)22(10-15)31-3/h5-12H,13-14H2,1-4H3,(H,26,27). The van der Waals surface area contributed by atoms with Gasteiger partial charge in [0.1, 0.15) is 18.1 Å². The first-order valence-corrected chi connectivity index (χ1v) is 11.6. The quantitative estimate of drug-likeness (QED) is 0.338. The summed E-state index contributed by atoms with van der Waals surface area (Å²) in [7, 11) is 6.28. The number of imidazole rings is 1. The Hall–Kier alpha value is -3.63. The molecule has 178 valence electrons. The summed E-state index contributed by atoms with van der Waals surface area (Å²) in [6, 6.07) is 12.6. The average Bonchev–Trinajstić information content (AvgIpc) is 3.30. The van der Waals surface area contributed by atoms with E-state index in [4.69, 9.17) is 23.7 Å². The van der Waals surface area contributed by atoms with Gasteiger partial charge in [0.15, 0.2) is 17.3 Å². The summed E-state index contributed by atoms with van der Waals surface area (Å²) in [5, 5.41) is 0.383. The number of hydrogen-bond donors (Lipinski definition) is 1. The second-order valence-corrected chi connectivity index (χ2v) is 8.59. The smallest absolute Gasteiger partial charge is 0.322 e. The van der Waals surface area contributed by atoms with Gasteiger partial charge in [-0.15, -0.1) is 0 Å². The van der Waals surface area contributed by atoms with Gasteiger partial charge >= 0.3 is 5.16 Å². The Morgan fingerprint density at radius 1 is 0.882 bits per heavy atom. The van der Waals surface area contributed by atoms with E-state index in [9.17, 15) is 4.55 Å². The summed E-state index contributed by atoms with van der Waals surface area (Å²) in [6.07, 6.45) is 1.63. The first-order chi connectivity index (χ1) is 16.5. The highest BCUT2D eigenvalue weighted by Crippen LogP contribution is 2.38. The van der Waals surface area contributed by atoms with E-state index >= 15 is 0 Å². The third-order valence-electron chi connectivity index (χ3n) is 5.08. The van der Waals surface area contributed by atoms with Crippen molar-refractivity contribution >= 4 is 22.2 Å². The summed E-state index contributed by atoms with van der Waals surface area (Å²) in [6.45, 7) is 0.272. The number of benzene rings is 2. The van der Waals surface area contributed by atoms with Crippen molar-refractivity contribution in [1.29, 1.82) is 0 Å². The molecule has 0 aliphatic rings. The minimum Gasteiger partial charge on any atom is -0.609 e. The van der Waals surface area contributed by atoms with Gasteiger partial charge in [-0.05, 0) is 35.9 Å². The molecule has 10 heteroatoms. The van der Waals surface area contributed by atoms with Crippen LogP contribution < -0.4 is 23.7 Å². The van der Waals surface area contributed by atoms with Crippen LogP contribution in [0.4, 0.5) is 0 Å². The van der Waals surface area contributed by atoms with Gasteiger partial charge in [-0.1, -0.05) is 0 Å². The number of pyridine rings is 1. The molecule has 1 N–H and O–H groups in total. The number of methoxy groups -OCH3 is 4. The molecular weight excluding hydrogens is 458 g/mol. The van der Waals surface area contributed by atoms with Crippen molar-refractivity contribution in [3.05, 3.63) is 59.9 Å². The van der Waals surface area contributed by atoms with Crippen LogP contribution >= 0.6 is 0 Å². The SMILES string of the molecule is COc1ccc2[nH]c([S+]([O-])Cc3cc(OCc4cc(OC)c(OC)c(OC)c4)ccn3)nc2c1. The topological polar surface area (TPSA) is 111 Å². The van der Waals surface area contributed by atoms with E-state index in [0.717, 1.165) is 11.1 Å². The molecular formula is C24H25N3O6S. The van der Waals surface area contributed by atoms with Crippen LogP contribution in [0.2, 0.25) is 0 Å². The Balaban J connectivity index is 1.45. The molecule has 0 spiro atoms. The van der Waals surface area contributed by atoms with Crippen LogP contribution in [0.3, 0.4) is 0 Å². The Morgan fingerprint density at radius 2 is 1.65 bits per heavy atom. The van der Waals surface area contributed by atoms with Crippen molar-refractivity contribution in [1.82, 2.24) is 15.0 Å². The van der Waals surface area contributed by atoms with Gasteiger partial charge in [0, 0.05) is 29.5 Å². The zero-order valence-corrected chi connectivity index (χ0v) is 20.1. The molecule has 2 heterocycles. The van der Waals surface area contributed by atoms with Gasteiger partial charge in [-0.25, -0.2) is 0 Å². The fraction of sp³-hybridized carbons (Fsp3) is 0.250.